The van der Waals surface area contributed by atoms with E-state index in [2.05, 4.69) is 20.8 Å². The average molecular weight is 323 g/mol. The van der Waals surface area contributed by atoms with Crippen LogP contribution in [0.5, 0.6) is 0 Å². The molecule has 0 saturated heterocycles. The number of unbranched alkanes of at least 4 members (excludes halogenated alkanes) is 3. The summed E-state index contributed by atoms with van der Waals surface area (Å²) >= 11 is 0. The first-order valence-electron chi connectivity index (χ1n) is 8.10. The summed E-state index contributed by atoms with van der Waals surface area (Å²) in [6.45, 7) is 11.3. The number of amides is 1. The SMILES string of the molecule is CC(C)(C)CCCCCCC(=O)N(CC(C)(C)C)C(F)(F)F. The Morgan fingerprint density at radius 1 is 0.818 bits per heavy atom. The second kappa shape index (κ2) is 8.21. The van der Waals surface area contributed by atoms with Crippen molar-refractivity contribution in [3.63, 3.8) is 0 Å². The van der Waals surface area contributed by atoms with E-state index in [0.717, 1.165) is 25.7 Å². The molecule has 22 heavy (non-hydrogen) atoms. The molecule has 1 amide bonds. The van der Waals surface area contributed by atoms with Gasteiger partial charge in [0.25, 0.3) is 0 Å². The summed E-state index contributed by atoms with van der Waals surface area (Å²) < 4.78 is 38.9. The number of hydrogen-bond acceptors (Lipinski definition) is 1. The molecule has 0 atom stereocenters. The minimum atomic E-state index is -4.59. The van der Waals surface area contributed by atoms with Gasteiger partial charge < -0.3 is 0 Å². The fourth-order valence-corrected chi connectivity index (χ4v) is 2.21. The first-order chi connectivity index (χ1) is 9.72. The van der Waals surface area contributed by atoms with Gasteiger partial charge in [0.2, 0.25) is 5.91 Å². The van der Waals surface area contributed by atoms with Crippen LogP contribution in [-0.4, -0.2) is 23.7 Å². The largest absolute Gasteiger partial charge is 0.487 e. The maximum atomic E-state index is 13.0. The summed E-state index contributed by atoms with van der Waals surface area (Å²) in [4.78, 5) is 11.9. The Hall–Kier alpha value is -0.740. The van der Waals surface area contributed by atoms with Crippen molar-refractivity contribution in [3.8, 4) is 0 Å². The van der Waals surface area contributed by atoms with Crippen molar-refractivity contribution in [2.45, 2.75) is 86.4 Å². The Kier molecular flexibility index (Phi) is 7.93. The lowest BCUT2D eigenvalue weighted by Gasteiger charge is -2.31. The van der Waals surface area contributed by atoms with Crippen molar-refractivity contribution in [1.29, 1.82) is 0 Å². The molecule has 0 rings (SSSR count). The highest BCUT2D eigenvalue weighted by molar-refractivity contribution is 5.76. The van der Waals surface area contributed by atoms with Crippen molar-refractivity contribution in [2.75, 3.05) is 6.54 Å². The minimum absolute atomic E-state index is 0.0227. The van der Waals surface area contributed by atoms with E-state index in [0.29, 0.717) is 6.42 Å². The Labute approximate surface area is 133 Å². The van der Waals surface area contributed by atoms with Crippen molar-refractivity contribution in [3.05, 3.63) is 0 Å². The highest BCUT2D eigenvalue weighted by atomic mass is 19.4. The van der Waals surface area contributed by atoms with Gasteiger partial charge in [0, 0.05) is 13.0 Å². The summed E-state index contributed by atoms with van der Waals surface area (Å²) in [6.07, 6.45) is -0.150. The zero-order chi connectivity index (χ0) is 17.6. The number of carbonyl (C=O) groups is 1. The minimum Gasteiger partial charge on any atom is -0.275 e. The Morgan fingerprint density at radius 3 is 1.73 bits per heavy atom. The van der Waals surface area contributed by atoms with Crippen molar-refractivity contribution in [1.82, 2.24) is 4.90 Å². The monoisotopic (exact) mass is 323 g/mol. The van der Waals surface area contributed by atoms with E-state index in [-0.39, 0.29) is 23.3 Å². The third-order valence-corrected chi connectivity index (χ3v) is 3.31. The molecule has 0 bridgehead atoms. The fraction of sp³-hybridized carbons (Fsp3) is 0.941. The second-order valence-electron chi connectivity index (χ2n) is 8.48. The third kappa shape index (κ3) is 10.9. The van der Waals surface area contributed by atoms with Crippen LogP contribution in [0.3, 0.4) is 0 Å². The molecule has 0 aromatic rings. The molecule has 2 nitrogen and oxygen atoms in total. The van der Waals surface area contributed by atoms with Crippen molar-refractivity contribution < 1.29 is 18.0 Å². The molecule has 0 N–H and O–H groups in total. The summed E-state index contributed by atoms with van der Waals surface area (Å²) in [5, 5.41) is 0. The number of carbonyl (C=O) groups excluding carboxylic acids is 1. The van der Waals surface area contributed by atoms with Crippen LogP contribution >= 0.6 is 0 Å². The van der Waals surface area contributed by atoms with Crippen LogP contribution in [-0.2, 0) is 4.79 Å². The van der Waals surface area contributed by atoms with E-state index in [9.17, 15) is 18.0 Å². The van der Waals surface area contributed by atoms with Crippen molar-refractivity contribution in [2.24, 2.45) is 10.8 Å². The van der Waals surface area contributed by atoms with Crippen LogP contribution in [0.1, 0.15) is 80.1 Å². The number of rotatable bonds is 7. The zero-order valence-corrected chi connectivity index (χ0v) is 14.9. The van der Waals surface area contributed by atoms with E-state index >= 15 is 0 Å². The maximum absolute atomic E-state index is 13.0. The lowest BCUT2D eigenvalue weighted by molar-refractivity contribution is -0.245. The van der Waals surface area contributed by atoms with Gasteiger partial charge in [-0.25, -0.2) is 0 Å². The average Bonchev–Trinajstić information content (AvgIpc) is 2.26. The van der Waals surface area contributed by atoms with E-state index in [4.69, 9.17) is 0 Å². The van der Waals surface area contributed by atoms with Gasteiger partial charge in [0.1, 0.15) is 0 Å². The van der Waals surface area contributed by atoms with Gasteiger partial charge in [0.15, 0.2) is 0 Å². The van der Waals surface area contributed by atoms with Gasteiger partial charge in [-0.05, 0) is 23.7 Å². The van der Waals surface area contributed by atoms with Crippen LogP contribution in [0.4, 0.5) is 13.2 Å². The number of alkyl halides is 3. The van der Waals surface area contributed by atoms with Gasteiger partial charge in [-0.3, -0.25) is 9.69 Å². The molecular weight excluding hydrogens is 291 g/mol. The Morgan fingerprint density at radius 2 is 1.32 bits per heavy atom. The fourth-order valence-electron chi connectivity index (χ4n) is 2.21. The predicted molar refractivity (Wildman–Crippen MR) is 84.4 cm³/mol. The summed E-state index contributed by atoms with van der Waals surface area (Å²) in [5.74, 6) is -0.807. The molecule has 0 unspecified atom stereocenters. The predicted octanol–water partition coefficient (Wildman–Crippen LogP) is 5.77. The van der Waals surface area contributed by atoms with E-state index < -0.39 is 17.6 Å². The van der Waals surface area contributed by atoms with Gasteiger partial charge in [0.05, 0.1) is 0 Å². The first kappa shape index (κ1) is 21.3. The normalized spacial score (nSPS) is 13.3. The van der Waals surface area contributed by atoms with Crippen LogP contribution in [0.15, 0.2) is 0 Å². The second-order valence-corrected chi connectivity index (χ2v) is 8.48. The molecule has 5 heteroatoms. The van der Waals surface area contributed by atoms with Crippen LogP contribution < -0.4 is 0 Å². The molecule has 0 spiro atoms. The Bertz CT molecular complexity index is 337. The number of nitrogens with zero attached hydrogens (tertiary/aromatic N) is 1. The van der Waals surface area contributed by atoms with Crippen LogP contribution in [0, 0.1) is 10.8 Å². The first-order valence-corrected chi connectivity index (χ1v) is 8.10. The molecule has 0 aliphatic rings. The topological polar surface area (TPSA) is 20.3 Å². The van der Waals surface area contributed by atoms with E-state index in [1.165, 1.54) is 0 Å². The lowest BCUT2D eigenvalue weighted by atomic mass is 9.89. The summed E-state index contributed by atoms with van der Waals surface area (Å²) in [6, 6.07) is 0. The van der Waals surface area contributed by atoms with Crippen molar-refractivity contribution >= 4 is 5.91 Å². The zero-order valence-electron chi connectivity index (χ0n) is 14.9. The molecule has 0 saturated carbocycles. The molecule has 0 aromatic heterocycles. The highest BCUT2D eigenvalue weighted by Crippen LogP contribution is 2.28. The number of halogens is 3. The quantitative estimate of drug-likeness (QED) is 0.430. The summed E-state index contributed by atoms with van der Waals surface area (Å²) in [5.41, 5.74) is -0.284. The molecule has 0 radical (unpaired) electrons. The maximum Gasteiger partial charge on any atom is 0.487 e. The molecule has 0 aliphatic heterocycles. The highest BCUT2D eigenvalue weighted by Gasteiger charge is 2.42. The molecule has 0 heterocycles. The molecule has 0 fully saturated rings. The van der Waals surface area contributed by atoms with Crippen LogP contribution in [0.2, 0.25) is 0 Å². The number of hydrogen-bond donors (Lipinski definition) is 0. The van der Waals surface area contributed by atoms with Crippen LogP contribution in [0.25, 0.3) is 0 Å². The van der Waals surface area contributed by atoms with Gasteiger partial charge in [-0.2, -0.15) is 0 Å². The Balaban J connectivity index is 4.20. The van der Waals surface area contributed by atoms with E-state index in [1.807, 2.05) is 0 Å². The van der Waals surface area contributed by atoms with Gasteiger partial charge in [-0.15, -0.1) is 13.2 Å². The molecule has 132 valence electrons. The lowest BCUT2D eigenvalue weighted by Crippen LogP contribution is -2.47. The third-order valence-electron chi connectivity index (χ3n) is 3.31. The molecule has 0 aliphatic carbocycles. The summed E-state index contributed by atoms with van der Waals surface area (Å²) in [7, 11) is 0. The standard InChI is InChI=1S/C17H32F3NO/c1-15(2,3)12-10-8-7-9-11-14(22)21(17(18,19)20)13-16(4,5)6/h7-13H2,1-6H3. The van der Waals surface area contributed by atoms with Gasteiger partial charge in [-0.1, -0.05) is 60.8 Å². The molecule has 0 aromatic carbocycles. The van der Waals surface area contributed by atoms with Gasteiger partial charge >= 0.3 is 6.30 Å². The van der Waals surface area contributed by atoms with E-state index in [1.54, 1.807) is 20.8 Å². The molecular formula is C17H32F3NO. The smallest absolute Gasteiger partial charge is 0.275 e.